The molecule has 2 N–H and O–H groups in total. The molecule has 0 amide bonds. The van der Waals surface area contributed by atoms with Crippen LogP contribution < -0.4 is 4.72 Å². The summed E-state index contributed by atoms with van der Waals surface area (Å²) >= 11 is 5.60. The van der Waals surface area contributed by atoms with E-state index in [2.05, 4.69) is 0 Å². The van der Waals surface area contributed by atoms with Crippen LogP contribution in [0.25, 0.3) is 0 Å². The Kier molecular flexibility index (Phi) is 5.47. The minimum Gasteiger partial charge on any atom is -0.480 e. The molecule has 1 atom stereocenters. The Morgan fingerprint density at radius 1 is 1.32 bits per heavy atom. The van der Waals surface area contributed by atoms with Gasteiger partial charge in [0.25, 0.3) is 0 Å². The van der Waals surface area contributed by atoms with Crippen molar-refractivity contribution >= 4 is 27.6 Å². The number of carboxylic acid groups (broad SMARTS) is 1. The van der Waals surface area contributed by atoms with Gasteiger partial charge in [0.2, 0.25) is 10.0 Å². The van der Waals surface area contributed by atoms with Gasteiger partial charge in [-0.05, 0) is 18.1 Å². The maximum Gasteiger partial charge on any atom is 0.417 e. The highest BCUT2D eigenvalue weighted by atomic mass is 35.5. The van der Waals surface area contributed by atoms with Crippen LogP contribution in [-0.4, -0.2) is 25.5 Å². The van der Waals surface area contributed by atoms with Crippen molar-refractivity contribution in [2.75, 3.05) is 0 Å². The number of alkyl halides is 3. The van der Waals surface area contributed by atoms with Crippen molar-refractivity contribution in [3.8, 4) is 0 Å². The maximum atomic E-state index is 12.9. The second-order valence-electron chi connectivity index (χ2n) is 4.80. The lowest BCUT2D eigenvalue weighted by atomic mass is 10.1. The van der Waals surface area contributed by atoms with Crippen molar-refractivity contribution in [2.24, 2.45) is 5.92 Å². The molecule has 1 unspecified atom stereocenters. The molecular formula is C12H13ClF3NO4S. The first-order valence-corrected chi connectivity index (χ1v) is 7.85. The molecule has 5 nitrogen and oxygen atoms in total. The largest absolute Gasteiger partial charge is 0.480 e. The molecule has 0 radical (unpaired) electrons. The van der Waals surface area contributed by atoms with E-state index in [0.29, 0.717) is 6.07 Å². The summed E-state index contributed by atoms with van der Waals surface area (Å²) in [5.74, 6) is -2.18. The van der Waals surface area contributed by atoms with Gasteiger partial charge in [0.05, 0.1) is 10.6 Å². The Bertz CT molecular complexity index is 673. The van der Waals surface area contributed by atoms with Crippen molar-refractivity contribution in [1.82, 2.24) is 4.72 Å². The second kappa shape index (κ2) is 6.43. The molecule has 1 rings (SSSR count). The van der Waals surface area contributed by atoms with Gasteiger partial charge in [-0.2, -0.15) is 17.9 Å². The normalized spacial score (nSPS) is 14.1. The highest BCUT2D eigenvalue weighted by Gasteiger charge is 2.40. The third kappa shape index (κ3) is 4.11. The molecule has 0 spiro atoms. The van der Waals surface area contributed by atoms with Crippen LogP contribution in [0.15, 0.2) is 23.1 Å². The predicted octanol–water partition coefficient (Wildman–Crippen LogP) is 2.75. The quantitative estimate of drug-likeness (QED) is 0.846. The monoisotopic (exact) mass is 359 g/mol. The summed E-state index contributed by atoms with van der Waals surface area (Å²) in [6.07, 6.45) is -4.95. The van der Waals surface area contributed by atoms with Gasteiger partial charge in [-0.1, -0.05) is 31.5 Å². The lowest BCUT2D eigenvalue weighted by molar-refractivity contribution is -0.140. The minimum atomic E-state index is -4.95. The Balaban J connectivity index is 3.44. The summed E-state index contributed by atoms with van der Waals surface area (Å²) in [6, 6.07) is 0.922. The molecule has 0 saturated carbocycles. The van der Waals surface area contributed by atoms with E-state index in [1.165, 1.54) is 13.8 Å². The van der Waals surface area contributed by atoms with E-state index < -0.39 is 49.6 Å². The Morgan fingerprint density at radius 3 is 2.27 bits per heavy atom. The Morgan fingerprint density at radius 2 is 1.86 bits per heavy atom. The maximum absolute atomic E-state index is 12.9. The molecule has 0 saturated heterocycles. The van der Waals surface area contributed by atoms with Crippen LogP contribution >= 0.6 is 11.6 Å². The van der Waals surface area contributed by atoms with Gasteiger partial charge < -0.3 is 5.11 Å². The van der Waals surface area contributed by atoms with Crippen LogP contribution in [0.3, 0.4) is 0 Å². The van der Waals surface area contributed by atoms with E-state index in [4.69, 9.17) is 16.7 Å². The number of hydrogen-bond donors (Lipinski definition) is 2. The topological polar surface area (TPSA) is 83.5 Å². The SMILES string of the molecule is CC(C)C(NS(=O)(=O)c1c(Cl)cccc1C(F)(F)F)C(=O)O. The van der Waals surface area contributed by atoms with E-state index >= 15 is 0 Å². The van der Waals surface area contributed by atoms with E-state index in [0.717, 1.165) is 12.1 Å². The number of sulfonamides is 1. The van der Waals surface area contributed by atoms with Gasteiger partial charge in [-0.3, -0.25) is 4.79 Å². The molecule has 0 aliphatic heterocycles. The van der Waals surface area contributed by atoms with Crippen LogP contribution in [0, 0.1) is 5.92 Å². The summed E-state index contributed by atoms with van der Waals surface area (Å²) in [4.78, 5) is 9.85. The zero-order chi connectivity index (χ0) is 17.3. The number of rotatable bonds is 5. The fraction of sp³-hybridized carbons (Fsp3) is 0.417. The molecule has 22 heavy (non-hydrogen) atoms. The first-order chi connectivity index (χ1) is 9.88. The molecule has 0 aliphatic carbocycles. The van der Waals surface area contributed by atoms with Gasteiger partial charge in [0, 0.05) is 0 Å². The van der Waals surface area contributed by atoms with Gasteiger partial charge in [0.15, 0.2) is 0 Å². The highest BCUT2D eigenvalue weighted by molar-refractivity contribution is 7.89. The molecule has 0 bridgehead atoms. The third-order valence-corrected chi connectivity index (χ3v) is 4.72. The van der Waals surface area contributed by atoms with Crippen LogP contribution in [0.2, 0.25) is 5.02 Å². The van der Waals surface area contributed by atoms with Crippen LogP contribution in [0.1, 0.15) is 19.4 Å². The zero-order valence-corrected chi connectivity index (χ0v) is 13.1. The van der Waals surface area contributed by atoms with Gasteiger partial charge in [-0.25, -0.2) is 8.42 Å². The van der Waals surface area contributed by atoms with Gasteiger partial charge in [-0.15, -0.1) is 0 Å². The first-order valence-electron chi connectivity index (χ1n) is 5.98. The minimum absolute atomic E-state index is 0.561. The van der Waals surface area contributed by atoms with E-state index in [9.17, 15) is 26.4 Å². The van der Waals surface area contributed by atoms with Gasteiger partial charge in [0.1, 0.15) is 10.9 Å². The van der Waals surface area contributed by atoms with Crippen molar-refractivity contribution in [2.45, 2.75) is 31.0 Å². The smallest absolute Gasteiger partial charge is 0.417 e. The molecular weight excluding hydrogens is 347 g/mol. The second-order valence-corrected chi connectivity index (χ2v) is 6.85. The number of nitrogens with one attached hydrogen (secondary N) is 1. The van der Waals surface area contributed by atoms with Crippen molar-refractivity contribution in [3.63, 3.8) is 0 Å². The average molecular weight is 360 g/mol. The number of hydrogen-bond acceptors (Lipinski definition) is 3. The summed E-state index contributed by atoms with van der Waals surface area (Å²) in [5.41, 5.74) is -1.46. The van der Waals surface area contributed by atoms with E-state index in [-0.39, 0.29) is 0 Å². The Hall–Kier alpha value is -1.32. The van der Waals surface area contributed by atoms with Crippen molar-refractivity contribution < 1.29 is 31.5 Å². The van der Waals surface area contributed by atoms with Crippen molar-refractivity contribution in [1.29, 1.82) is 0 Å². The average Bonchev–Trinajstić information content (AvgIpc) is 2.33. The molecule has 10 heteroatoms. The lowest BCUT2D eigenvalue weighted by Crippen LogP contribution is -2.44. The van der Waals surface area contributed by atoms with Gasteiger partial charge >= 0.3 is 12.1 Å². The molecule has 0 fully saturated rings. The standard InChI is InChI=1S/C12H13ClF3NO4S/c1-6(2)9(11(18)19)17-22(20,21)10-7(12(14,15)16)4-3-5-8(10)13/h3-6,9,17H,1-2H3,(H,18,19). The summed E-state index contributed by atoms with van der Waals surface area (Å²) in [6.45, 7) is 2.83. The Labute approximate surface area is 130 Å². The third-order valence-electron chi connectivity index (χ3n) is 2.76. The fourth-order valence-electron chi connectivity index (χ4n) is 1.70. The van der Waals surface area contributed by atoms with Crippen LogP contribution in [0.4, 0.5) is 13.2 Å². The molecule has 0 aliphatic rings. The van der Waals surface area contributed by atoms with Crippen molar-refractivity contribution in [3.05, 3.63) is 28.8 Å². The number of carbonyl (C=O) groups is 1. The molecule has 0 heterocycles. The fourth-order valence-corrected chi connectivity index (χ4v) is 3.81. The molecule has 1 aromatic carbocycles. The zero-order valence-electron chi connectivity index (χ0n) is 11.5. The number of carboxylic acids is 1. The van der Waals surface area contributed by atoms with E-state index in [1.54, 1.807) is 4.72 Å². The van der Waals surface area contributed by atoms with Crippen LogP contribution in [0.5, 0.6) is 0 Å². The predicted molar refractivity (Wildman–Crippen MR) is 73.0 cm³/mol. The summed E-state index contributed by atoms with van der Waals surface area (Å²) in [5, 5.41) is 8.33. The number of benzene rings is 1. The lowest BCUT2D eigenvalue weighted by Gasteiger charge is -2.20. The van der Waals surface area contributed by atoms with Crippen LogP contribution in [-0.2, 0) is 21.0 Å². The summed E-state index contributed by atoms with van der Waals surface area (Å²) in [7, 11) is -4.78. The van der Waals surface area contributed by atoms with E-state index in [1.807, 2.05) is 0 Å². The number of halogens is 4. The highest BCUT2D eigenvalue weighted by Crippen LogP contribution is 2.37. The summed E-state index contributed by atoms with van der Waals surface area (Å²) < 4.78 is 65.0. The molecule has 1 aromatic rings. The molecule has 124 valence electrons. The number of aliphatic carboxylic acids is 1. The first kappa shape index (κ1) is 18.7. The molecule has 0 aromatic heterocycles.